The number of anilines is 2. The van der Waals surface area contributed by atoms with Gasteiger partial charge in [0, 0.05) is 19.6 Å². The summed E-state index contributed by atoms with van der Waals surface area (Å²) in [5.41, 5.74) is 0. The van der Waals surface area contributed by atoms with Crippen molar-refractivity contribution in [2.75, 3.05) is 50.2 Å². The van der Waals surface area contributed by atoms with Crippen LogP contribution in [-0.4, -0.2) is 65.1 Å². The van der Waals surface area contributed by atoms with Gasteiger partial charge in [0.25, 0.3) is 0 Å². The minimum atomic E-state index is -0.0499. The second-order valence-corrected chi connectivity index (χ2v) is 3.81. The van der Waals surface area contributed by atoms with Gasteiger partial charge in [0.2, 0.25) is 11.9 Å². The Morgan fingerprint density at radius 1 is 1.16 bits per heavy atom. The van der Waals surface area contributed by atoms with Gasteiger partial charge in [-0.3, -0.25) is 0 Å². The molecule has 0 aromatic carbocycles. The lowest BCUT2D eigenvalue weighted by Gasteiger charge is -2.21. The summed E-state index contributed by atoms with van der Waals surface area (Å²) >= 11 is 0. The molecule has 1 rings (SSSR count). The lowest BCUT2D eigenvalue weighted by Crippen LogP contribution is -2.31. The number of hydrogen-bond donors (Lipinski definition) is 3. The fraction of sp³-hybridized carbons (Fsp3) is 0.727. The molecule has 19 heavy (non-hydrogen) atoms. The van der Waals surface area contributed by atoms with Crippen molar-refractivity contribution in [1.29, 1.82) is 0 Å². The van der Waals surface area contributed by atoms with Gasteiger partial charge in [-0.15, -0.1) is 0 Å². The molecule has 0 aliphatic rings. The van der Waals surface area contributed by atoms with Crippen LogP contribution < -0.4 is 15.0 Å². The first-order valence-corrected chi connectivity index (χ1v) is 6.25. The Balaban J connectivity index is 2.95. The molecule has 0 saturated heterocycles. The molecule has 0 saturated carbocycles. The van der Waals surface area contributed by atoms with Crippen molar-refractivity contribution >= 4 is 11.9 Å². The zero-order valence-electron chi connectivity index (χ0n) is 11.3. The van der Waals surface area contributed by atoms with Crippen LogP contribution in [0.5, 0.6) is 6.01 Å². The summed E-state index contributed by atoms with van der Waals surface area (Å²) in [6, 6.07) is 0.199. The van der Waals surface area contributed by atoms with Gasteiger partial charge in [-0.2, -0.15) is 15.0 Å². The minimum absolute atomic E-state index is 0.0499. The first-order chi connectivity index (χ1) is 9.24. The van der Waals surface area contributed by atoms with Crippen molar-refractivity contribution in [2.45, 2.75) is 13.3 Å². The monoisotopic (exact) mass is 271 g/mol. The lowest BCUT2D eigenvalue weighted by molar-refractivity contribution is 0.279. The van der Waals surface area contributed by atoms with Crippen molar-refractivity contribution in [2.24, 2.45) is 0 Å². The SMILES string of the molecule is CCCNc1nc(OC)nc(N(CCO)CCO)n1. The summed E-state index contributed by atoms with van der Waals surface area (Å²) in [5, 5.41) is 21.1. The molecule has 0 atom stereocenters. The maximum Gasteiger partial charge on any atom is 0.322 e. The number of aliphatic hydroxyl groups excluding tert-OH is 2. The number of nitrogens with zero attached hydrogens (tertiary/aromatic N) is 4. The van der Waals surface area contributed by atoms with Crippen LogP contribution in [0.3, 0.4) is 0 Å². The quantitative estimate of drug-likeness (QED) is 0.552. The number of hydrogen-bond acceptors (Lipinski definition) is 8. The first-order valence-electron chi connectivity index (χ1n) is 6.25. The van der Waals surface area contributed by atoms with Gasteiger partial charge in [0.1, 0.15) is 0 Å². The first kappa shape index (κ1) is 15.4. The molecule has 0 fully saturated rings. The largest absolute Gasteiger partial charge is 0.467 e. The molecule has 1 heterocycles. The molecular formula is C11H21N5O3. The number of aromatic nitrogens is 3. The van der Waals surface area contributed by atoms with Crippen molar-refractivity contribution < 1.29 is 14.9 Å². The summed E-state index contributed by atoms with van der Waals surface area (Å²) in [5.74, 6) is 0.790. The molecule has 0 unspecified atom stereocenters. The molecule has 8 nitrogen and oxygen atoms in total. The summed E-state index contributed by atoms with van der Waals surface area (Å²) in [6.07, 6.45) is 0.945. The van der Waals surface area contributed by atoms with Crippen LogP contribution in [0.4, 0.5) is 11.9 Å². The van der Waals surface area contributed by atoms with Crippen LogP contribution in [0.1, 0.15) is 13.3 Å². The highest BCUT2D eigenvalue weighted by atomic mass is 16.5. The van der Waals surface area contributed by atoms with E-state index in [1.54, 1.807) is 4.90 Å². The van der Waals surface area contributed by atoms with Crippen LogP contribution in [-0.2, 0) is 0 Å². The Morgan fingerprint density at radius 2 is 1.84 bits per heavy atom. The third-order valence-corrected chi connectivity index (χ3v) is 2.34. The van der Waals surface area contributed by atoms with Crippen LogP contribution in [0.15, 0.2) is 0 Å². The van der Waals surface area contributed by atoms with Crippen LogP contribution in [0.2, 0.25) is 0 Å². The van der Waals surface area contributed by atoms with E-state index in [1.807, 2.05) is 6.92 Å². The standard InChI is InChI=1S/C11H21N5O3/c1-3-4-12-9-13-10(15-11(14-9)19-2)16(5-7-17)6-8-18/h17-18H,3-8H2,1-2H3,(H,12,13,14,15). The molecule has 0 bridgehead atoms. The van der Waals surface area contributed by atoms with Crippen molar-refractivity contribution in [3.8, 4) is 6.01 Å². The van der Waals surface area contributed by atoms with Gasteiger partial charge < -0.3 is 25.2 Å². The van der Waals surface area contributed by atoms with E-state index in [0.29, 0.717) is 25.0 Å². The van der Waals surface area contributed by atoms with Gasteiger partial charge in [0.05, 0.1) is 20.3 Å². The highest BCUT2D eigenvalue weighted by Gasteiger charge is 2.13. The van der Waals surface area contributed by atoms with Crippen molar-refractivity contribution in [3.05, 3.63) is 0 Å². The lowest BCUT2D eigenvalue weighted by atomic mass is 10.5. The van der Waals surface area contributed by atoms with E-state index in [2.05, 4.69) is 20.3 Å². The Kier molecular flexibility index (Phi) is 6.83. The number of nitrogens with one attached hydrogen (secondary N) is 1. The Morgan fingerprint density at radius 3 is 2.37 bits per heavy atom. The highest BCUT2D eigenvalue weighted by Crippen LogP contribution is 2.14. The zero-order valence-corrected chi connectivity index (χ0v) is 11.3. The minimum Gasteiger partial charge on any atom is -0.467 e. The van der Waals surface area contributed by atoms with E-state index < -0.39 is 0 Å². The van der Waals surface area contributed by atoms with Gasteiger partial charge in [-0.05, 0) is 6.42 Å². The van der Waals surface area contributed by atoms with Gasteiger partial charge in [-0.1, -0.05) is 6.92 Å². The molecule has 108 valence electrons. The molecule has 0 spiro atoms. The zero-order chi connectivity index (χ0) is 14.1. The maximum absolute atomic E-state index is 9.02. The van der Waals surface area contributed by atoms with Gasteiger partial charge >= 0.3 is 6.01 Å². The van der Waals surface area contributed by atoms with E-state index in [0.717, 1.165) is 13.0 Å². The van der Waals surface area contributed by atoms with Crippen LogP contribution in [0, 0.1) is 0 Å². The topological polar surface area (TPSA) is 104 Å². The molecule has 0 amide bonds. The van der Waals surface area contributed by atoms with E-state index in [4.69, 9.17) is 14.9 Å². The van der Waals surface area contributed by atoms with Crippen LogP contribution >= 0.6 is 0 Å². The highest BCUT2D eigenvalue weighted by molar-refractivity contribution is 5.38. The normalized spacial score (nSPS) is 10.3. The van der Waals surface area contributed by atoms with Crippen LogP contribution in [0.25, 0.3) is 0 Å². The third-order valence-electron chi connectivity index (χ3n) is 2.34. The molecule has 0 aliphatic carbocycles. The maximum atomic E-state index is 9.02. The van der Waals surface area contributed by atoms with Crippen molar-refractivity contribution in [1.82, 2.24) is 15.0 Å². The summed E-state index contributed by atoms with van der Waals surface area (Å²) < 4.78 is 5.03. The van der Waals surface area contributed by atoms with E-state index in [9.17, 15) is 0 Å². The molecular weight excluding hydrogens is 250 g/mol. The second-order valence-electron chi connectivity index (χ2n) is 3.81. The third kappa shape index (κ3) is 4.84. The predicted octanol–water partition coefficient (Wildman–Crippen LogP) is -0.507. The number of aliphatic hydroxyl groups is 2. The van der Waals surface area contributed by atoms with Crippen molar-refractivity contribution in [3.63, 3.8) is 0 Å². The smallest absolute Gasteiger partial charge is 0.322 e. The molecule has 3 N–H and O–H groups in total. The molecule has 8 heteroatoms. The fourth-order valence-electron chi connectivity index (χ4n) is 1.45. The molecule has 0 aliphatic heterocycles. The molecule has 1 aromatic rings. The summed E-state index contributed by atoms with van der Waals surface area (Å²) in [7, 11) is 1.48. The summed E-state index contributed by atoms with van der Waals surface area (Å²) in [6.45, 7) is 3.35. The molecule has 0 radical (unpaired) electrons. The Labute approximate surface area is 112 Å². The average Bonchev–Trinajstić information content (AvgIpc) is 2.44. The van der Waals surface area contributed by atoms with Gasteiger partial charge in [-0.25, -0.2) is 0 Å². The number of ether oxygens (including phenoxy) is 1. The molecule has 1 aromatic heterocycles. The van der Waals surface area contributed by atoms with E-state index in [-0.39, 0.29) is 19.2 Å². The van der Waals surface area contributed by atoms with E-state index in [1.165, 1.54) is 7.11 Å². The van der Waals surface area contributed by atoms with Gasteiger partial charge in [0.15, 0.2) is 0 Å². The number of methoxy groups -OCH3 is 1. The fourth-order valence-corrected chi connectivity index (χ4v) is 1.45. The summed E-state index contributed by atoms with van der Waals surface area (Å²) in [4.78, 5) is 14.1. The number of rotatable bonds is 9. The Bertz CT molecular complexity index is 371. The second kappa shape index (κ2) is 8.44. The predicted molar refractivity (Wildman–Crippen MR) is 71.5 cm³/mol. The average molecular weight is 271 g/mol. The Hall–Kier alpha value is -1.67. The van der Waals surface area contributed by atoms with E-state index >= 15 is 0 Å².